The first-order valence-electron chi connectivity index (χ1n) is 8.79. The monoisotopic (exact) mass is 406 g/mol. The molecule has 4 nitrogen and oxygen atoms in total. The molecule has 2 amide bonds. The predicted octanol–water partition coefficient (Wildman–Crippen LogP) is 4.79. The average Bonchev–Trinajstić information content (AvgIpc) is 3.24. The fraction of sp³-hybridized carbons (Fsp3) is 0.0909. The number of nitrogens with one attached hydrogen (secondary N) is 1. The van der Waals surface area contributed by atoms with E-state index < -0.39 is 0 Å². The number of amides is 2. The van der Waals surface area contributed by atoms with Crippen molar-refractivity contribution in [1.82, 2.24) is 5.32 Å². The summed E-state index contributed by atoms with van der Waals surface area (Å²) in [5, 5.41) is 4.91. The smallest absolute Gasteiger partial charge is 0.264 e. The Morgan fingerprint density at radius 1 is 1.11 bits per heavy atom. The van der Waals surface area contributed by atoms with Crippen LogP contribution in [0, 0.1) is 0 Å². The number of benzene rings is 2. The molecule has 1 N–H and O–H groups in total. The Hall–Kier alpha value is -2.83. The van der Waals surface area contributed by atoms with Crippen LogP contribution < -0.4 is 10.2 Å². The molecule has 4 rings (SSSR count). The Labute approximate surface area is 171 Å². The highest BCUT2D eigenvalue weighted by atomic mass is 32.2. The summed E-state index contributed by atoms with van der Waals surface area (Å²) >= 11 is 3.04. The lowest BCUT2D eigenvalue weighted by atomic mass is 10.1. The van der Waals surface area contributed by atoms with Crippen LogP contribution in [0.5, 0.6) is 0 Å². The number of carbonyl (C=O) groups excluding carboxylic acids is 2. The minimum Gasteiger partial charge on any atom is -0.347 e. The van der Waals surface area contributed by atoms with Crippen molar-refractivity contribution < 1.29 is 9.59 Å². The molecule has 0 radical (unpaired) electrons. The molecule has 0 atom stereocenters. The molecule has 0 saturated carbocycles. The molecule has 2 heterocycles. The van der Waals surface area contributed by atoms with Gasteiger partial charge in [-0.3, -0.25) is 9.59 Å². The summed E-state index contributed by atoms with van der Waals surface area (Å²) in [6.07, 6.45) is 1.90. The summed E-state index contributed by atoms with van der Waals surface area (Å²) in [5.74, 6) is -0.217. The second kappa shape index (κ2) is 8.04. The van der Waals surface area contributed by atoms with Crippen molar-refractivity contribution in [2.75, 3.05) is 11.9 Å². The van der Waals surface area contributed by atoms with E-state index in [1.54, 1.807) is 35.4 Å². The van der Waals surface area contributed by atoms with Gasteiger partial charge in [0.05, 0.1) is 17.1 Å². The molecule has 1 aliphatic heterocycles. The summed E-state index contributed by atoms with van der Waals surface area (Å²) in [7, 11) is 1.74. The lowest BCUT2D eigenvalue weighted by molar-refractivity contribution is -0.114. The summed E-state index contributed by atoms with van der Waals surface area (Å²) < 4.78 is 0. The first kappa shape index (κ1) is 18.5. The standard InChI is InChI=1S/C22H18N2O2S2/c1-24-18-13-16(21(25)23-14-17-8-5-11-27-17)9-10-19(18)28-20(22(24)26)12-15-6-3-2-4-7-15/h2-13H,14H2,1H3,(H,23,25)/b20-12+. The molecule has 3 aromatic rings. The zero-order chi connectivity index (χ0) is 19.5. The van der Waals surface area contributed by atoms with Crippen molar-refractivity contribution in [3.8, 4) is 0 Å². The Morgan fingerprint density at radius 2 is 1.93 bits per heavy atom. The van der Waals surface area contributed by atoms with Crippen molar-refractivity contribution in [1.29, 1.82) is 0 Å². The Bertz CT molecular complexity index is 1040. The van der Waals surface area contributed by atoms with Crippen LogP contribution in [-0.4, -0.2) is 18.9 Å². The summed E-state index contributed by atoms with van der Waals surface area (Å²) in [6, 6.07) is 19.2. The van der Waals surface area contributed by atoms with Gasteiger partial charge in [0, 0.05) is 22.4 Å². The maximum atomic E-state index is 12.8. The SMILES string of the molecule is CN1C(=O)/C(=C\c2ccccc2)Sc2ccc(C(=O)NCc3cccs3)cc21. The maximum Gasteiger partial charge on any atom is 0.264 e. The number of likely N-dealkylation sites (N-methyl/N-ethyl adjacent to an activating group) is 1. The van der Waals surface area contributed by atoms with Gasteiger partial charge in [-0.2, -0.15) is 0 Å². The largest absolute Gasteiger partial charge is 0.347 e. The van der Waals surface area contributed by atoms with Crippen LogP contribution in [0.1, 0.15) is 20.8 Å². The van der Waals surface area contributed by atoms with Crippen LogP contribution in [0.4, 0.5) is 5.69 Å². The summed E-state index contributed by atoms with van der Waals surface area (Å²) in [6.45, 7) is 0.501. The summed E-state index contributed by atoms with van der Waals surface area (Å²) in [4.78, 5) is 29.6. The van der Waals surface area contributed by atoms with Crippen LogP contribution in [0.2, 0.25) is 0 Å². The van der Waals surface area contributed by atoms with Crippen molar-refractivity contribution in [3.05, 3.63) is 87.0 Å². The average molecular weight is 407 g/mol. The van der Waals surface area contributed by atoms with Gasteiger partial charge in [0.2, 0.25) is 0 Å². The Kier molecular flexibility index (Phi) is 5.32. The van der Waals surface area contributed by atoms with E-state index in [0.717, 1.165) is 21.0 Å². The molecule has 0 unspecified atom stereocenters. The number of hydrogen-bond donors (Lipinski definition) is 1. The number of rotatable bonds is 4. The first-order chi connectivity index (χ1) is 13.6. The second-order valence-corrected chi connectivity index (χ2v) is 8.45. The van der Waals surface area contributed by atoms with Crippen molar-refractivity contribution >= 4 is 46.7 Å². The lowest BCUT2D eigenvalue weighted by Crippen LogP contribution is -2.30. The van der Waals surface area contributed by atoms with Crippen molar-refractivity contribution in [2.45, 2.75) is 11.4 Å². The normalized spacial score (nSPS) is 14.8. The van der Waals surface area contributed by atoms with Gasteiger partial charge in [0.25, 0.3) is 11.8 Å². The van der Waals surface area contributed by atoms with Gasteiger partial charge in [0.1, 0.15) is 0 Å². The summed E-state index contributed by atoms with van der Waals surface area (Å²) in [5.41, 5.74) is 2.29. The van der Waals surface area contributed by atoms with Crippen LogP contribution in [0.15, 0.2) is 75.8 Å². The number of nitrogens with zero attached hydrogens (tertiary/aromatic N) is 1. The number of anilines is 1. The minimum absolute atomic E-state index is 0.0718. The van der Waals surface area contributed by atoms with Crippen LogP contribution in [0.3, 0.4) is 0 Å². The van der Waals surface area contributed by atoms with E-state index in [0.29, 0.717) is 17.0 Å². The van der Waals surface area contributed by atoms with Gasteiger partial charge in [-0.05, 0) is 41.3 Å². The Morgan fingerprint density at radius 3 is 2.68 bits per heavy atom. The number of hydrogen-bond acceptors (Lipinski definition) is 4. The molecule has 2 aromatic carbocycles. The molecule has 140 valence electrons. The second-order valence-electron chi connectivity index (χ2n) is 6.33. The van der Waals surface area contributed by atoms with E-state index in [9.17, 15) is 9.59 Å². The van der Waals surface area contributed by atoms with Gasteiger partial charge in [-0.1, -0.05) is 48.2 Å². The minimum atomic E-state index is -0.146. The van der Waals surface area contributed by atoms with Gasteiger partial charge in [-0.15, -0.1) is 11.3 Å². The zero-order valence-corrected chi connectivity index (χ0v) is 16.8. The molecular weight excluding hydrogens is 388 g/mol. The highest BCUT2D eigenvalue weighted by molar-refractivity contribution is 8.04. The van der Waals surface area contributed by atoms with Crippen LogP contribution in [0.25, 0.3) is 6.08 Å². The molecule has 0 aliphatic carbocycles. The molecule has 28 heavy (non-hydrogen) atoms. The quantitative estimate of drug-likeness (QED) is 0.634. The van der Waals surface area contributed by atoms with Crippen LogP contribution in [-0.2, 0) is 11.3 Å². The van der Waals surface area contributed by atoms with Crippen molar-refractivity contribution in [2.24, 2.45) is 0 Å². The highest BCUT2D eigenvalue weighted by Crippen LogP contribution is 2.41. The molecule has 0 saturated heterocycles. The Balaban J connectivity index is 1.56. The lowest BCUT2D eigenvalue weighted by Gasteiger charge is -2.27. The predicted molar refractivity (Wildman–Crippen MR) is 116 cm³/mol. The van der Waals surface area contributed by atoms with Crippen molar-refractivity contribution in [3.63, 3.8) is 0 Å². The van der Waals surface area contributed by atoms with E-state index in [1.807, 2.05) is 60.0 Å². The fourth-order valence-corrected chi connectivity index (χ4v) is 4.66. The number of thioether (sulfide) groups is 1. The van der Waals surface area contributed by atoms with E-state index in [-0.39, 0.29) is 11.8 Å². The van der Waals surface area contributed by atoms with Gasteiger partial charge < -0.3 is 10.2 Å². The molecule has 0 spiro atoms. The number of fused-ring (bicyclic) bond motifs is 1. The molecule has 0 fully saturated rings. The molecular formula is C22H18N2O2S2. The first-order valence-corrected chi connectivity index (χ1v) is 10.5. The topological polar surface area (TPSA) is 49.4 Å². The zero-order valence-electron chi connectivity index (χ0n) is 15.2. The molecule has 1 aromatic heterocycles. The highest BCUT2D eigenvalue weighted by Gasteiger charge is 2.27. The van der Waals surface area contributed by atoms with Gasteiger partial charge in [-0.25, -0.2) is 0 Å². The molecule has 6 heteroatoms. The molecule has 1 aliphatic rings. The maximum absolute atomic E-state index is 12.8. The number of thiophene rings is 1. The van der Waals surface area contributed by atoms with Gasteiger partial charge >= 0.3 is 0 Å². The van der Waals surface area contributed by atoms with E-state index in [2.05, 4.69) is 5.32 Å². The van der Waals surface area contributed by atoms with E-state index in [1.165, 1.54) is 11.8 Å². The fourth-order valence-electron chi connectivity index (χ4n) is 2.92. The van der Waals surface area contributed by atoms with Gasteiger partial charge in [0.15, 0.2) is 0 Å². The third-order valence-corrected chi connectivity index (χ3v) is 6.37. The van der Waals surface area contributed by atoms with E-state index >= 15 is 0 Å². The van der Waals surface area contributed by atoms with Crippen LogP contribution >= 0.6 is 23.1 Å². The van der Waals surface area contributed by atoms with E-state index in [4.69, 9.17) is 0 Å². The molecule has 0 bridgehead atoms. The third-order valence-electron chi connectivity index (χ3n) is 4.42. The number of carbonyl (C=O) groups is 2. The third kappa shape index (κ3) is 3.88.